The Morgan fingerprint density at radius 1 is 1.50 bits per heavy atom. The molecule has 1 rings (SSSR count). The van der Waals surface area contributed by atoms with Gasteiger partial charge in [0, 0.05) is 23.9 Å². The van der Waals surface area contributed by atoms with Crippen molar-refractivity contribution in [1.29, 1.82) is 0 Å². The van der Waals surface area contributed by atoms with Crippen molar-refractivity contribution in [1.82, 2.24) is 10.3 Å². The Morgan fingerprint density at radius 3 is 2.69 bits per heavy atom. The van der Waals surface area contributed by atoms with Crippen LogP contribution in [0, 0.1) is 6.92 Å². The standard InChI is InChI=1S/C11H19N3OS/c1-8-7-16-10(13-8)12-6-5-9(15)14-11(2,3)4/h7H,5-6H2,1-4H3,(H,12,13)(H,14,15). The smallest absolute Gasteiger partial charge is 0.222 e. The third-order valence-electron chi connectivity index (χ3n) is 1.76. The van der Waals surface area contributed by atoms with E-state index in [2.05, 4.69) is 15.6 Å². The van der Waals surface area contributed by atoms with E-state index in [1.165, 1.54) is 0 Å². The summed E-state index contributed by atoms with van der Waals surface area (Å²) < 4.78 is 0. The molecule has 0 saturated heterocycles. The second-order valence-corrected chi connectivity index (χ2v) is 5.63. The molecule has 2 N–H and O–H groups in total. The van der Waals surface area contributed by atoms with Gasteiger partial charge in [-0.25, -0.2) is 4.98 Å². The summed E-state index contributed by atoms with van der Waals surface area (Å²) in [5.41, 5.74) is 0.848. The third kappa shape index (κ3) is 5.11. The molecule has 90 valence electrons. The first-order valence-corrected chi connectivity index (χ1v) is 6.22. The highest BCUT2D eigenvalue weighted by atomic mass is 32.1. The number of carbonyl (C=O) groups is 1. The fraction of sp³-hybridized carbons (Fsp3) is 0.636. The van der Waals surface area contributed by atoms with Gasteiger partial charge < -0.3 is 10.6 Å². The predicted molar refractivity (Wildman–Crippen MR) is 67.9 cm³/mol. The van der Waals surface area contributed by atoms with Gasteiger partial charge in [-0.2, -0.15) is 0 Å². The van der Waals surface area contributed by atoms with Gasteiger partial charge in [0.2, 0.25) is 5.91 Å². The second kappa shape index (κ2) is 5.30. The molecule has 0 aliphatic rings. The summed E-state index contributed by atoms with van der Waals surface area (Å²) in [5, 5.41) is 8.90. The van der Waals surface area contributed by atoms with E-state index in [1.807, 2.05) is 33.1 Å². The van der Waals surface area contributed by atoms with E-state index in [1.54, 1.807) is 11.3 Å². The Hall–Kier alpha value is -1.10. The largest absolute Gasteiger partial charge is 0.361 e. The first kappa shape index (κ1) is 13.0. The highest BCUT2D eigenvalue weighted by Crippen LogP contribution is 2.13. The van der Waals surface area contributed by atoms with Gasteiger partial charge in [-0.05, 0) is 27.7 Å². The Kier molecular flexibility index (Phi) is 4.29. The lowest BCUT2D eigenvalue weighted by molar-refractivity contribution is -0.122. The number of thiazole rings is 1. The molecule has 0 radical (unpaired) electrons. The Labute approximate surface area is 100 Å². The average Bonchev–Trinajstić information content (AvgIpc) is 2.48. The normalized spacial score (nSPS) is 11.2. The molecule has 1 aromatic rings. The molecule has 0 fully saturated rings. The van der Waals surface area contributed by atoms with Crippen LogP contribution in [0.1, 0.15) is 32.9 Å². The van der Waals surface area contributed by atoms with Gasteiger partial charge in [0.15, 0.2) is 5.13 Å². The van der Waals surface area contributed by atoms with Gasteiger partial charge in [-0.3, -0.25) is 4.79 Å². The fourth-order valence-corrected chi connectivity index (χ4v) is 1.92. The molecular formula is C11H19N3OS. The van der Waals surface area contributed by atoms with Gasteiger partial charge in [0.05, 0.1) is 5.69 Å². The van der Waals surface area contributed by atoms with Crippen LogP contribution in [0.3, 0.4) is 0 Å². The monoisotopic (exact) mass is 241 g/mol. The van der Waals surface area contributed by atoms with Crippen molar-refractivity contribution in [3.05, 3.63) is 11.1 Å². The van der Waals surface area contributed by atoms with E-state index < -0.39 is 0 Å². The minimum atomic E-state index is -0.158. The molecule has 5 heteroatoms. The van der Waals surface area contributed by atoms with E-state index >= 15 is 0 Å². The van der Waals surface area contributed by atoms with Crippen LogP contribution in [0.2, 0.25) is 0 Å². The maximum Gasteiger partial charge on any atom is 0.222 e. The first-order chi connectivity index (χ1) is 7.37. The van der Waals surface area contributed by atoms with Crippen molar-refractivity contribution in [2.45, 2.75) is 39.7 Å². The van der Waals surface area contributed by atoms with Crippen molar-refractivity contribution in [2.75, 3.05) is 11.9 Å². The molecule has 0 unspecified atom stereocenters. The van der Waals surface area contributed by atoms with Crippen molar-refractivity contribution in [3.63, 3.8) is 0 Å². The van der Waals surface area contributed by atoms with Crippen LogP contribution in [-0.4, -0.2) is 23.0 Å². The lowest BCUT2D eigenvalue weighted by Gasteiger charge is -2.20. The zero-order chi connectivity index (χ0) is 12.2. The number of amides is 1. The summed E-state index contributed by atoms with van der Waals surface area (Å²) >= 11 is 1.56. The van der Waals surface area contributed by atoms with Crippen LogP contribution in [0.15, 0.2) is 5.38 Å². The zero-order valence-corrected chi connectivity index (χ0v) is 11.1. The maximum absolute atomic E-state index is 11.5. The molecule has 0 atom stereocenters. The highest BCUT2D eigenvalue weighted by molar-refractivity contribution is 7.13. The molecule has 1 amide bonds. The summed E-state index contributed by atoms with van der Waals surface area (Å²) in [7, 11) is 0. The maximum atomic E-state index is 11.5. The zero-order valence-electron chi connectivity index (χ0n) is 10.3. The minimum Gasteiger partial charge on any atom is -0.361 e. The lowest BCUT2D eigenvalue weighted by Crippen LogP contribution is -2.41. The summed E-state index contributed by atoms with van der Waals surface area (Å²) in [4.78, 5) is 15.7. The summed E-state index contributed by atoms with van der Waals surface area (Å²) in [6.45, 7) is 8.50. The number of carbonyl (C=O) groups excluding carboxylic acids is 1. The summed E-state index contributed by atoms with van der Waals surface area (Å²) in [6, 6.07) is 0. The van der Waals surface area contributed by atoms with Crippen molar-refractivity contribution in [3.8, 4) is 0 Å². The van der Waals surface area contributed by atoms with Crippen LogP contribution in [-0.2, 0) is 4.79 Å². The van der Waals surface area contributed by atoms with Crippen LogP contribution in [0.5, 0.6) is 0 Å². The number of aromatic nitrogens is 1. The number of hydrogen-bond acceptors (Lipinski definition) is 4. The van der Waals surface area contributed by atoms with Gasteiger partial charge in [0.25, 0.3) is 0 Å². The molecular weight excluding hydrogens is 222 g/mol. The second-order valence-electron chi connectivity index (χ2n) is 4.77. The lowest BCUT2D eigenvalue weighted by atomic mass is 10.1. The topological polar surface area (TPSA) is 54.0 Å². The van der Waals surface area contributed by atoms with Crippen LogP contribution in [0.25, 0.3) is 0 Å². The van der Waals surface area contributed by atoms with Crippen LogP contribution >= 0.6 is 11.3 Å². The molecule has 0 aromatic carbocycles. The van der Waals surface area contributed by atoms with Crippen molar-refractivity contribution >= 4 is 22.4 Å². The van der Waals surface area contributed by atoms with Gasteiger partial charge in [0.1, 0.15) is 0 Å². The number of nitrogens with one attached hydrogen (secondary N) is 2. The predicted octanol–water partition coefficient (Wildman–Crippen LogP) is 2.17. The summed E-state index contributed by atoms with van der Waals surface area (Å²) in [6.07, 6.45) is 0.468. The van der Waals surface area contributed by atoms with Crippen LogP contribution in [0.4, 0.5) is 5.13 Å². The number of hydrogen-bond donors (Lipinski definition) is 2. The first-order valence-electron chi connectivity index (χ1n) is 5.34. The van der Waals surface area contributed by atoms with Crippen molar-refractivity contribution < 1.29 is 4.79 Å². The Morgan fingerprint density at radius 2 is 2.19 bits per heavy atom. The van der Waals surface area contributed by atoms with E-state index in [4.69, 9.17) is 0 Å². The molecule has 0 bridgehead atoms. The van der Waals surface area contributed by atoms with Crippen molar-refractivity contribution in [2.24, 2.45) is 0 Å². The van der Waals surface area contributed by atoms with Gasteiger partial charge in [-0.1, -0.05) is 0 Å². The van der Waals surface area contributed by atoms with E-state index in [-0.39, 0.29) is 11.4 Å². The molecule has 0 spiro atoms. The molecule has 0 saturated carbocycles. The quantitative estimate of drug-likeness (QED) is 0.849. The summed E-state index contributed by atoms with van der Waals surface area (Å²) in [5.74, 6) is 0.0632. The van der Waals surface area contributed by atoms with E-state index in [9.17, 15) is 4.79 Å². The number of aryl methyl sites for hydroxylation is 1. The molecule has 0 aliphatic heterocycles. The van der Waals surface area contributed by atoms with E-state index in [0.717, 1.165) is 10.8 Å². The third-order valence-corrected chi connectivity index (χ3v) is 2.68. The highest BCUT2D eigenvalue weighted by Gasteiger charge is 2.12. The number of nitrogens with zero attached hydrogens (tertiary/aromatic N) is 1. The Bertz CT molecular complexity index is 354. The van der Waals surface area contributed by atoms with E-state index in [0.29, 0.717) is 13.0 Å². The number of rotatable bonds is 4. The Balaban J connectivity index is 2.23. The van der Waals surface area contributed by atoms with Gasteiger partial charge in [-0.15, -0.1) is 11.3 Å². The molecule has 1 aromatic heterocycles. The van der Waals surface area contributed by atoms with Crippen LogP contribution < -0.4 is 10.6 Å². The molecule has 1 heterocycles. The minimum absolute atomic E-state index is 0.0632. The SMILES string of the molecule is Cc1csc(NCCC(=O)NC(C)(C)C)n1. The molecule has 0 aliphatic carbocycles. The molecule has 4 nitrogen and oxygen atoms in total. The van der Waals surface area contributed by atoms with Gasteiger partial charge >= 0.3 is 0 Å². The number of anilines is 1. The molecule has 16 heavy (non-hydrogen) atoms. The average molecular weight is 241 g/mol. The fourth-order valence-electron chi connectivity index (χ4n) is 1.20.